The van der Waals surface area contributed by atoms with E-state index >= 15 is 0 Å². The molecule has 1 fully saturated rings. The molecule has 0 unspecified atom stereocenters. The van der Waals surface area contributed by atoms with Gasteiger partial charge in [-0.15, -0.1) is 0 Å². The first-order chi connectivity index (χ1) is 12.2. The van der Waals surface area contributed by atoms with Crippen molar-refractivity contribution in [2.45, 2.75) is 82.7 Å². The second kappa shape index (κ2) is 8.50. The molecule has 1 heterocycles. The van der Waals surface area contributed by atoms with Crippen molar-refractivity contribution in [3.8, 4) is 0 Å². The van der Waals surface area contributed by atoms with E-state index in [-0.39, 0.29) is 11.6 Å². The van der Waals surface area contributed by atoms with Crippen LogP contribution in [0.1, 0.15) is 76.2 Å². The highest BCUT2D eigenvalue weighted by Gasteiger charge is 2.47. The van der Waals surface area contributed by atoms with Crippen molar-refractivity contribution in [1.29, 1.82) is 0 Å². The Morgan fingerprint density at radius 2 is 1.40 bits per heavy atom. The topological polar surface area (TPSA) is 58.7 Å². The summed E-state index contributed by atoms with van der Waals surface area (Å²) in [5.74, 6) is 0.547. The van der Waals surface area contributed by atoms with Crippen molar-refractivity contribution >= 4 is 11.9 Å². The van der Waals surface area contributed by atoms with Crippen LogP contribution in [-0.4, -0.2) is 22.3 Å². The summed E-state index contributed by atoms with van der Waals surface area (Å²) in [6.45, 7) is 0.601. The minimum Gasteiger partial charge on any atom is -0.385 e. The molecular weight excluding hydrogens is 310 g/mol. The maximum atomic E-state index is 12.6. The number of carbonyl (C=O) groups excluding carboxylic acids is 1. The van der Waals surface area contributed by atoms with Gasteiger partial charge >= 0.3 is 6.03 Å². The number of amides is 2. The Morgan fingerprint density at radius 3 is 1.96 bits per heavy atom. The Labute approximate surface area is 151 Å². The first-order valence-electron chi connectivity index (χ1n) is 9.92. The predicted molar refractivity (Wildman–Crippen MR) is 103 cm³/mol. The van der Waals surface area contributed by atoms with Crippen LogP contribution in [0.5, 0.6) is 0 Å². The van der Waals surface area contributed by atoms with Gasteiger partial charge in [0, 0.05) is 6.54 Å². The van der Waals surface area contributed by atoms with E-state index in [1.54, 1.807) is 0 Å². The molecule has 0 atom stereocenters. The lowest BCUT2D eigenvalue weighted by molar-refractivity contribution is 0.148. The number of benzene rings is 1. The van der Waals surface area contributed by atoms with E-state index in [4.69, 9.17) is 5.73 Å². The second-order valence-electron chi connectivity index (χ2n) is 7.56. The van der Waals surface area contributed by atoms with Crippen LogP contribution in [0.15, 0.2) is 35.3 Å². The minimum atomic E-state index is -0.369. The summed E-state index contributed by atoms with van der Waals surface area (Å²) in [7, 11) is 0. The molecule has 0 aromatic heterocycles. The fourth-order valence-electron chi connectivity index (χ4n) is 4.30. The molecule has 0 radical (unpaired) electrons. The van der Waals surface area contributed by atoms with Crippen molar-refractivity contribution in [3.63, 3.8) is 0 Å². The summed E-state index contributed by atoms with van der Waals surface area (Å²) in [6.07, 6.45) is 13.2. The fraction of sp³-hybridized carbons (Fsp3) is 0.619. The third-order valence-corrected chi connectivity index (χ3v) is 5.80. The largest absolute Gasteiger partial charge is 0.385 e. The first kappa shape index (κ1) is 18.0. The molecule has 0 bridgehead atoms. The monoisotopic (exact) mass is 341 g/mol. The Bertz CT molecular complexity index is 584. The van der Waals surface area contributed by atoms with Crippen LogP contribution in [0.25, 0.3) is 0 Å². The van der Waals surface area contributed by atoms with Gasteiger partial charge in [0.05, 0.1) is 0 Å². The number of hydrogen-bond acceptors (Lipinski definition) is 2. The molecule has 2 aliphatic rings. The Hall–Kier alpha value is -1.84. The van der Waals surface area contributed by atoms with Gasteiger partial charge in [-0.2, -0.15) is 4.99 Å². The number of hydrogen-bond donors (Lipinski definition) is 1. The van der Waals surface area contributed by atoms with E-state index in [1.807, 2.05) is 23.1 Å². The highest BCUT2D eigenvalue weighted by atomic mass is 16.2. The zero-order chi connectivity index (χ0) is 17.5. The van der Waals surface area contributed by atoms with Gasteiger partial charge in [0.1, 0.15) is 11.4 Å². The lowest BCUT2D eigenvalue weighted by Gasteiger charge is -2.39. The molecule has 1 spiro atoms. The van der Waals surface area contributed by atoms with Gasteiger partial charge in [0.25, 0.3) is 0 Å². The van der Waals surface area contributed by atoms with Crippen molar-refractivity contribution in [3.05, 3.63) is 35.9 Å². The molecule has 1 aromatic carbocycles. The molecule has 3 rings (SSSR count). The molecule has 1 aliphatic heterocycles. The van der Waals surface area contributed by atoms with Crippen molar-refractivity contribution < 1.29 is 4.79 Å². The summed E-state index contributed by atoms with van der Waals surface area (Å²) >= 11 is 0. The van der Waals surface area contributed by atoms with Gasteiger partial charge in [-0.05, 0) is 18.4 Å². The number of aliphatic imine (C=N–C) groups is 1. The van der Waals surface area contributed by atoms with Crippen LogP contribution in [-0.2, 0) is 6.54 Å². The lowest BCUT2D eigenvalue weighted by atomic mass is 9.83. The summed E-state index contributed by atoms with van der Waals surface area (Å²) in [5.41, 5.74) is 7.12. The van der Waals surface area contributed by atoms with Gasteiger partial charge in [0.2, 0.25) is 0 Å². The molecule has 1 aliphatic carbocycles. The van der Waals surface area contributed by atoms with Crippen molar-refractivity contribution in [2.75, 3.05) is 0 Å². The van der Waals surface area contributed by atoms with Gasteiger partial charge in [-0.1, -0.05) is 88.1 Å². The van der Waals surface area contributed by atoms with E-state index in [0.29, 0.717) is 12.4 Å². The lowest BCUT2D eigenvalue weighted by Crippen LogP contribution is -2.53. The standard InChI is InChI=1S/C21H31N3O/c22-19-21(15-11-6-4-2-1-3-5-7-12-16-21)24(20(25)23-19)17-18-13-9-8-10-14-18/h8-10,13-14H,1-7,11-12,15-17H2,(H2,22,23,25). The smallest absolute Gasteiger partial charge is 0.346 e. The number of nitrogens with zero attached hydrogens (tertiary/aromatic N) is 2. The SMILES string of the molecule is NC1=NC(=O)N(Cc2ccccc2)C12CCCCCCCCCCC2. The van der Waals surface area contributed by atoms with Crippen molar-refractivity contribution in [2.24, 2.45) is 10.7 Å². The average molecular weight is 341 g/mol. The van der Waals surface area contributed by atoms with Crippen LogP contribution in [0, 0.1) is 0 Å². The first-order valence-corrected chi connectivity index (χ1v) is 9.92. The molecule has 0 saturated heterocycles. The molecule has 2 amide bonds. The zero-order valence-corrected chi connectivity index (χ0v) is 15.3. The molecule has 2 N–H and O–H groups in total. The van der Waals surface area contributed by atoms with Gasteiger partial charge in [-0.25, -0.2) is 4.79 Å². The Morgan fingerprint density at radius 1 is 0.880 bits per heavy atom. The molecule has 25 heavy (non-hydrogen) atoms. The number of rotatable bonds is 2. The van der Waals surface area contributed by atoms with Crippen LogP contribution in [0.2, 0.25) is 0 Å². The van der Waals surface area contributed by atoms with Crippen molar-refractivity contribution in [1.82, 2.24) is 4.90 Å². The maximum absolute atomic E-state index is 12.6. The summed E-state index contributed by atoms with van der Waals surface area (Å²) in [6, 6.07) is 10.0. The van der Waals surface area contributed by atoms with Crippen LogP contribution in [0.4, 0.5) is 4.79 Å². The normalized spacial score (nSPS) is 22.3. The van der Waals surface area contributed by atoms with Crippen LogP contribution in [0.3, 0.4) is 0 Å². The van der Waals surface area contributed by atoms with Crippen LogP contribution < -0.4 is 5.73 Å². The minimum absolute atomic E-state index is 0.159. The Kier molecular flexibility index (Phi) is 6.11. The van der Waals surface area contributed by atoms with Crippen LogP contribution >= 0.6 is 0 Å². The fourth-order valence-corrected chi connectivity index (χ4v) is 4.30. The molecule has 1 saturated carbocycles. The van der Waals surface area contributed by atoms with E-state index in [0.717, 1.165) is 31.2 Å². The molecular formula is C21H31N3O. The summed E-state index contributed by atoms with van der Waals surface area (Å²) < 4.78 is 0. The molecule has 4 heteroatoms. The number of nitrogens with two attached hydrogens (primary N) is 1. The average Bonchev–Trinajstić information content (AvgIpc) is 2.83. The highest BCUT2D eigenvalue weighted by molar-refractivity contribution is 6.05. The third-order valence-electron chi connectivity index (χ3n) is 5.80. The van der Waals surface area contributed by atoms with Gasteiger partial charge in [-0.3, -0.25) is 0 Å². The number of carbonyl (C=O) groups is 1. The van der Waals surface area contributed by atoms with Gasteiger partial charge < -0.3 is 10.6 Å². The summed E-state index contributed by atoms with van der Waals surface area (Å²) in [4.78, 5) is 18.7. The van der Waals surface area contributed by atoms with E-state index in [1.165, 1.54) is 44.9 Å². The van der Waals surface area contributed by atoms with Gasteiger partial charge in [0.15, 0.2) is 0 Å². The second-order valence-corrected chi connectivity index (χ2v) is 7.56. The van der Waals surface area contributed by atoms with E-state index in [9.17, 15) is 4.79 Å². The maximum Gasteiger partial charge on any atom is 0.346 e. The molecule has 4 nitrogen and oxygen atoms in total. The van der Waals surface area contributed by atoms with E-state index < -0.39 is 0 Å². The quantitative estimate of drug-likeness (QED) is 0.821. The molecule has 1 aromatic rings. The third kappa shape index (κ3) is 4.23. The number of urea groups is 1. The van der Waals surface area contributed by atoms with E-state index in [2.05, 4.69) is 17.1 Å². The molecule has 136 valence electrons. The predicted octanol–water partition coefficient (Wildman–Crippen LogP) is 5.02. The Balaban J connectivity index is 1.80. The summed E-state index contributed by atoms with van der Waals surface area (Å²) in [5, 5.41) is 0. The highest BCUT2D eigenvalue weighted by Crippen LogP contribution is 2.36. The zero-order valence-electron chi connectivity index (χ0n) is 15.3. The number of amidine groups is 1.